The van der Waals surface area contributed by atoms with Gasteiger partial charge in [0.25, 0.3) is 0 Å². The topological polar surface area (TPSA) is 79.4 Å². The highest BCUT2D eigenvalue weighted by molar-refractivity contribution is 5.71. The first-order valence-electron chi connectivity index (χ1n) is 4.71. The molecule has 1 aromatic heterocycles. The third-order valence-corrected chi connectivity index (χ3v) is 1.95. The molecule has 112 valence electrons. The fourth-order valence-corrected chi connectivity index (χ4v) is 1.24. The molecule has 0 fully saturated rings. The second kappa shape index (κ2) is 5.06. The van der Waals surface area contributed by atoms with Crippen LogP contribution in [0.1, 0.15) is 11.3 Å². The van der Waals surface area contributed by atoms with Crippen molar-refractivity contribution in [3.05, 3.63) is 27.5 Å². The molecule has 11 heteroatoms. The molecule has 5 nitrogen and oxygen atoms in total. The van der Waals surface area contributed by atoms with E-state index in [-0.39, 0.29) is 6.07 Å². The van der Waals surface area contributed by atoms with E-state index in [0.29, 0.717) is 0 Å². The molecule has 0 atom stereocenters. The smallest absolute Gasteiger partial charge is 0.481 e. The highest BCUT2D eigenvalue weighted by atomic mass is 19.4. The van der Waals surface area contributed by atoms with Crippen molar-refractivity contribution in [2.24, 2.45) is 0 Å². The Bertz CT molecular complexity index is 573. The molecular formula is C9H5F6NO4. The minimum atomic E-state index is -5.39. The number of ether oxygens (including phenoxy) is 1. The van der Waals surface area contributed by atoms with Crippen molar-refractivity contribution in [2.75, 3.05) is 0 Å². The van der Waals surface area contributed by atoms with Crippen LogP contribution >= 0.6 is 0 Å². The van der Waals surface area contributed by atoms with Crippen LogP contribution < -0.4 is 10.2 Å². The van der Waals surface area contributed by atoms with Crippen LogP contribution in [-0.2, 0) is 17.4 Å². The van der Waals surface area contributed by atoms with Gasteiger partial charge in [-0.25, -0.2) is 0 Å². The van der Waals surface area contributed by atoms with Crippen molar-refractivity contribution < 1.29 is 41.0 Å². The number of carboxylic acids is 1. The number of halogens is 6. The van der Waals surface area contributed by atoms with Gasteiger partial charge < -0.3 is 14.8 Å². The van der Waals surface area contributed by atoms with Crippen molar-refractivity contribution in [2.45, 2.75) is 19.0 Å². The van der Waals surface area contributed by atoms with Crippen molar-refractivity contribution in [3.63, 3.8) is 0 Å². The molecule has 0 aromatic carbocycles. The molecule has 0 saturated carbocycles. The molecule has 1 heterocycles. The Morgan fingerprint density at radius 1 is 1.25 bits per heavy atom. The number of pyridine rings is 1. The zero-order valence-electron chi connectivity index (χ0n) is 9.22. The van der Waals surface area contributed by atoms with Crippen LogP contribution in [0.2, 0.25) is 0 Å². The Morgan fingerprint density at radius 3 is 2.20 bits per heavy atom. The Balaban J connectivity index is 3.44. The van der Waals surface area contributed by atoms with E-state index in [1.165, 1.54) is 4.98 Å². The molecule has 0 aliphatic carbocycles. The van der Waals surface area contributed by atoms with Crippen molar-refractivity contribution in [1.29, 1.82) is 0 Å². The van der Waals surface area contributed by atoms with Gasteiger partial charge in [-0.15, -0.1) is 13.2 Å². The number of aromatic nitrogens is 1. The molecule has 0 amide bonds. The number of alkyl halides is 6. The van der Waals surface area contributed by atoms with Gasteiger partial charge >= 0.3 is 18.5 Å². The molecule has 0 aliphatic rings. The van der Waals surface area contributed by atoms with E-state index in [1.54, 1.807) is 0 Å². The average molecular weight is 305 g/mol. The largest absolute Gasteiger partial charge is 0.574 e. The fraction of sp³-hybridized carbons (Fsp3) is 0.333. The van der Waals surface area contributed by atoms with Gasteiger partial charge in [0.15, 0.2) is 5.43 Å². The molecule has 0 saturated heterocycles. The van der Waals surface area contributed by atoms with Gasteiger partial charge in [-0.2, -0.15) is 13.2 Å². The Morgan fingerprint density at radius 2 is 1.80 bits per heavy atom. The summed E-state index contributed by atoms with van der Waals surface area (Å²) < 4.78 is 76.4. The monoisotopic (exact) mass is 305 g/mol. The molecule has 1 rings (SSSR count). The number of nitrogens with one attached hydrogen (secondary N) is 1. The summed E-state index contributed by atoms with van der Waals surface area (Å²) in [5.74, 6) is -3.30. The quantitative estimate of drug-likeness (QED) is 0.836. The molecule has 20 heavy (non-hydrogen) atoms. The SMILES string of the molecule is O=C(O)Cc1c(OC(F)(F)F)[nH]c(C(F)(F)F)cc1=O. The second-order valence-electron chi connectivity index (χ2n) is 3.47. The van der Waals surface area contributed by atoms with Gasteiger partial charge in [-0.3, -0.25) is 9.59 Å². The predicted octanol–water partition coefficient (Wildman–Crippen LogP) is 1.92. The third kappa shape index (κ3) is 4.17. The second-order valence-corrected chi connectivity index (χ2v) is 3.47. The lowest BCUT2D eigenvalue weighted by Gasteiger charge is -2.14. The van der Waals surface area contributed by atoms with Gasteiger partial charge in [0.2, 0.25) is 5.88 Å². The Hall–Kier alpha value is -2.20. The Labute approximate surface area is 105 Å². The van der Waals surface area contributed by atoms with Gasteiger partial charge in [0.05, 0.1) is 12.0 Å². The highest BCUT2D eigenvalue weighted by Gasteiger charge is 2.37. The van der Waals surface area contributed by atoms with Crippen LogP contribution in [0.25, 0.3) is 0 Å². The predicted molar refractivity (Wildman–Crippen MR) is 50.1 cm³/mol. The standard InChI is InChI=1S/C9H5F6NO4/c10-8(11,12)5-2-4(17)3(1-6(18)19)7(16-5)20-9(13,14)15/h2H,1H2,(H,16,17)(H,18,19). The number of carboxylic acid groups (broad SMARTS) is 1. The summed E-state index contributed by atoms with van der Waals surface area (Å²) in [4.78, 5) is 22.9. The lowest BCUT2D eigenvalue weighted by atomic mass is 10.1. The van der Waals surface area contributed by atoms with E-state index in [4.69, 9.17) is 5.11 Å². The van der Waals surface area contributed by atoms with E-state index < -0.39 is 47.5 Å². The number of rotatable bonds is 3. The maximum Gasteiger partial charge on any atom is 0.574 e. The molecule has 0 bridgehead atoms. The third-order valence-electron chi connectivity index (χ3n) is 1.95. The summed E-state index contributed by atoms with van der Waals surface area (Å²) in [6.07, 6.45) is -11.7. The molecule has 0 spiro atoms. The Kier molecular flexibility index (Phi) is 4.01. The number of hydrogen-bond donors (Lipinski definition) is 2. The first-order chi connectivity index (χ1) is 8.90. The van der Waals surface area contributed by atoms with E-state index in [1.807, 2.05) is 0 Å². The first kappa shape index (κ1) is 15.9. The lowest BCUT2D eigenvalue weighted by molar-refractivity contribution is -0.276. The number of H-pyrrole nitrogens is 1. The summed E-state index contributed by atoms with van der Waals surface area (Å²) in [6, 6.07) is -0.0402. The normalized spacial score (nSPS) is 12.3. The summed E-state index contributed by atoms with van der Waals surface area (Å²) in [7, 11) is 0. The van der Waals surface area contributed by atoms with Crippen LogP contribution in [0.4, 0.5) is 26.3 Å². The molecule has 1 aromatic rings. The highest BCUT2D eigenvalue weighted by Crippen LogP contribution is 2.30. The van der Waals surface area contributed by atoms with Crippen LogP contribution in [0.15, 0.2) is 10.9 Å². The zero-order chi connectivity index (χ0) is 15.7. The molecule has 0 unspecified atom stereocenters. The maximum absolute atomic E-state index is 12.4. The first-order valence-corrected chi connectivity index (χ1v) is 4.71. The fourth-order valence-electron chi connectivity index (χ4n) is 1.24. The summed E-state index contributed by atoms with van der Waals surface area (Å²) in [5.41, 5.74) is -4.38. The number of aromatic amines is 1. The summed E-state index contributed by atoms with van der Waals surface area (Å²) >= 11 is 0. The number of carbonyl (C=O) groups is 1. The average Bonchev–Trinajstić information content (AvgIpc) is 2.18. The lowest BCUT2D eigenvalue weighted by Crippen LogP contribution is -2.25. The van der Waals surface area contributed by atoms with Gasteiger partial charge in [0, 0.05) is 6.07 Å². The minimum Gasteiger partial charge on any atom is -0.481 e. The van der Waals surface area contributed by atoms with Gasteiger partial charge in [-0.05, 0) is 0 Å². The number of aliphatic carboxylic acids is 1. The molecular weight excluding hydrogens is 300 g/mol. The van der Waals surface area contributed by atoms with Gasteiger partial charge in [-0.1, -0.05) is 0 Å². The van der Waals surface area contributed by atoms with Crippen molar-refractivity contribution in [1.82, 2.24) is 4.98 Å². The summed E-state index contributed by atoms with van der Waals surface area (Å²) in [5, 5.41) is 8.43. The molecule has 2 N–H and O–H groups in total. The van der Waals surface area contributed by atoms with Crippen LogP contribution in [-0.4, -0.2) is 22.4 Å². The summed E-state index contributed by atoms with van der Waals surface area (Å²) in [6.45, 7) is 0. The van der Waals surface area contributed by atoms with E-state index in [0.717, 1.165) is 0 Å². The van der Waals surface area contributed by atoms with Crippen LogP contribution in [0.5, 0.6) is 5.88 Å². The minimum absolute atomic E-state index is 0.0402. The molecule has 0 aliphatic heterocycles. The van der Waals surface area contributed by atoms with E-state index in [2.05, 4.69) is 4.74 Å². The maximum atomic E-state index is 12.4. The van der Waals surface area contributed by atoms with E-state index in [9.17, 15) is 35.9 Å². The van der Waals surface area contributed by atoms with E-state index >= 15 is 0 Å². The molecule has 0 radical (unpaired) electrons. The van der Waals surface area contributed by atoms with Crippen molar-refractivity contribution in [3.8, 4) is 5.88 Å². The zero-order valence-corrected chi connectivity index (χ0v) is 9.22. The van der Waals surface area contributed by atoms with Gasteiger partial charge in [0.1, 0.15) is 5.69 Å². The number of hydrogen-bond acceptors (Lipinski definition) is 3. The van der Waals surface area contributed by atoms with Crippen molar-refractivity contribution >= 4 is 5.97 Å². The van der Waals surface area contributed by atoms with Crippen LogP contribution in [0.3, 0.4) is 0 Å². The van der Waals surface area contributed by atoms with Crippen LogP contribution in [0, 0.1) is 0 Å².